The van der Waals surface area contributed by atoms with Crippen LogP contribution in [0, 0.1) is 5.92 Å². The standard InChI is InChI=1S/C14H18N6O2S/c1-22-13(21)9-2-5-20(6-3-9)12-10(15)11(17-8-18-12)19-14-16-4-7-23-14/h4,7-9H,2-3,5-6,15H2,1H3,(H,16,17,18,19). The molecule has 1 aliphatic heterocycles. The first-order valence-electron chi connectivity index (χ1n) is 7.28. The van der Waals surface area contributed by atoms with Crippen molar-refractivity contribution in [3.8, 4) is 0 Å². The number of esters is 1. The number of rotatable bonds is 4. The van der Waals surface area contributed by atoms with Gasteiger partial charge in [-0.25, -0.2) is 15.0 Å². The van der Waals surface area contributed by atoms with Crippen molar-refractivity contribution in [3.05, 3.63) is 17.9 Å². The van der Waals surface area contributed by atoms with Gasteiger partial charge in [0.05, 0.1) is 13.0 Å². The van der Waals surface area contributed by atoms with Crippen LogP contribution in [0.1, 0.15) is 12.8 Å². The maximum Gasteiger partial charge on any atom is 0.308 e. The summed E-state index contributed by atoms with van der Waals surface area (Å²) in [7, 11) is 1.42. The molecule has 0 radical (unpaired) electrons. The Bertz CT molecular complexity index is 670. The highest BCUT2D eigenvalue weighted by molar-refractivity contribution is 7.13. The van der Waals surface area contributed by atoms with Gasteiger partial charge in [-0.3, -0.25) is 4.79 Å². The molecule has 0 spiro atoms. The average Bonchev–Trinajstić information content (AvgIpc) is 3.09. The summed E-state index contributed by atoms with van der Waals surface area (Å²) in [5.74, 6) is 1.03. The number of carbonyl (C=O) groups excluding carboxylic acids is 1. The van der Waals surface area contributed by atoms with E-state index in [0.717, 1.165) is 18.0 Å². The lowest BCUT2D eigenvalue weighted by atomic mass is 9.97. The first-order chi connectivity index (χ1) is 11.2. The topological polar surface area (TPSA) is 106 Å². The van der Waals surface area contributed by atoms with Gasteiger partial charge < -0.3 is 20.7 Å². The minimum absolute atomic E-state index is 0.0489. The molecule has 0 atom stereocenters. The molecule has 0 amide bonds. The van der Waals surface area contributed by atoms with Gasteiger partial charge in [0.15, 0.2) is 16.8 Å². The highest BCUT2D eigenvalue weighted by Crippen LogP contribution is 2.31. The summed E-state index contributed by atoms with van der Waals surface area (Å²) in [5, 5.41) is 5.70. The highest BCUT2D eigenvalue weighted by Gasteiger charge is 2.27. The molecule has 23 heavy (non-hydrogen) atoms. The van der Waals surface area contributed by atoms with Crippen molar-refractivity contribution in [2.75, 3.05) is 36.1 Å². The summed E-state index contributed by atoms with van der Waals surface area (Å²) in [6.07, 6.45) is 4.65. The number of hydrogen-bond acceptors (Lipinski definition) is 9. The van der Waals surface area contributed by atoms with Crippen molar-refractivity contribution < 1.29 is 9.53 Å². The predicted molar refractivity (Wildman–Crippen MR) is 88.8 cm³/mol. The number of thiazole rings is 1. The van der Waals surface area contributed by atoms with E-state index >= 15 is 0 Å². The number of anilines is 4. The Kier molecular flexibility index (Phi) is 4.56. The molecular formula is C14H18N6O2S. The van der Waals surface area contributed by atoms with Gasteiger partial charge in [-0.15, -0.1) is 11.3 Å². The molecule has 9 heteroatoms. The number of nitrogens with two attached hydrogens (primary N) is 1. The summed E-state index contributed by atoms with van der Waals surface area (Å²) < 4.78 is 4.81. The zero-order chi connectivity index (χ0) is 16.2. The molecule has 3 N–H and O–H groups in total. The van der Waals surface area contributed by atoms with E-state index in [2.05, 4.69) is 25.2 Å². The molecule has 0 saturated carbocycles. The zero-order valence-corrected chi connectivity index (χ0v) is 13.5. The van der Waals surface area contributed by atoms with Crippen LogP contribution in [0.25, 0.3) is 0 Å². The Labute approximate surface area is 137 Å². The number of piperidine rings is 1. The third kappa shape index (κ3) is 3.34. The summed E-state index contributed by atoms with van der Waals surface area (Å²) in [6.45, 7) is 1.41. The normalized spacial score (nSPS) is 15.4. The maximum atomic E-state index is 11.6. The van der Waals surface area contributed by atoms with E-state index in [9.17, 15) is 4.79 Å². The van der Waals surface area contributed by atoms with Crippen molar-refractivity contribution in [1.29, 1.82) is 0 Å². The van der Waals surface area contributed by atoms with Gasteiger partial charge in [0.2, 0.25) is 0 Å². The lowest BCUT2D eigenvalue weighted by Crippen LogP contribution is -2.37. The van der Waals surface area contributed by atoms with Crippen LogP contribution < -0.4 is 16.0 Å². The van der Waals surface area contributed by atoms with Crippen molar-refractivity contribution in [3.63, 3.8) is 0 Å². The Balaban J connectivity index is 1.72. The summed E-state index contributed by atoms with van der Waals surface area (Å²) in [4.78, 5) is 26.3. The highest BCUT2D eigenvalue weighted by atomic mass is 32.1. The first-order valence-corrected chi connectivity index (χ1v) is 8.16. The number of nitrogens with one attached hydrogen (secondary N) is 1. The van der Waals surface area contributed by atoms with Crippen molar-refractivity contribution >= 4 is 39.8 Å². The van der Waals surface area contributed by atoms with Gasteiger partial charge in [0, 0.05) is 24.7 Å². The maximum absolute atomic E-state index is 11.6. The van der Waals surface area contributed by atoms with Crippen molar-refractivity contribution in [2.24, 2.45) is 5.92 Å². The quantitative estimate of drug-likeness (QED) is 0.813. The largest absolute Gasteiger partial charge is 0.469 e. The van der Waals surface area contributed by atoms with Crippen LogP contribution in [0.4, 0.5) is 22.5 Å². The molecule has 1 fully saturated rings. The molecule has 0 unspecified atom stereocenters. The van der Waals surface area contributed by atoms with E-state index in [0.29, 0.717) is 30.4 Å². The SMILES string of the molecule is COC(=O)C1CCN(c2ncnc(Nc3nccs3)c2N)CC1. The molecule has 1 saturated heterocycles. The Morgan fingerprint density at radius 2 is 2.17 bits per heavy atom. The molecular weight excluding hydrogens is 316 g/mol. The average molecular weight is 334 g/mol. The second kappa shape index (κ2) is 6.78. The Hall–Kier alpha value is -2.42. The molecule has 3 heterocycles. The van der Waals surface area contributed by atoms with Gasteiger partial charge >= 0.3 is 5.97 Å². The number of hydrogen-bond donors (Lipinski definition) is 2. The van der Waals surface area contributed by atoms with Gasteiger partial charge in [-0.05, 0) is 12.8 Å². The van der Waals surface area contributed by atoms with Gasteiger partial charge in [-0.1, -0.05) is 0 Å². The molecule has 8 nitrogen and oxygen atoms in total. The second-order valence-corrected chi connectivity index (χ2v) is 6.10. The smallest absolute Gasteiger partial charge is 0.308 e. The molecule has 0 aromatic carbocycles. The van der Waals surface area contributed by atoms with Crippen LogP contribution in [-0.4, -0.2) is 41.1 Å². The predicted octanol–water partition coefficient (Wildman–Crippen LogP) is 1.65. The molecule has 2 aromatic heterocycles. The molecule has 0 bridgehead atoms. The van der Waals surface area contributed by atoms with Crippen molar-refractivity contribution in [2.45, 2.75) is 12.8 Å². The summed E-state index contributed by atoms with van der Waals surface area (Å²) in [5.41, 5.74) is 6.69. The Morgan fingerprint density at radius 3 is 2.83 bits per heavy atom. The lowest BCUT2D eigenvalue weighted by Gasteiger charge is -2.32. The number of nitrogen functional groups attached to an aromatic ring is 1. The van der Waals surface area contributed by atoms with Gasteiger partial charge in [-0.2, -0.15) is 0 Å². The molecule has 122 valence electrons. The van der Waals surface area contributed by atoms with E-state index in [1.54, 1.807) is 6.20 Å². The molecule has 3 rings (SSSR count). The lowest BCUT2D eigenvalue weighted by molar-refractivity contribution is -0.146. The number of nitrogens with zero attached hydrogens (tertiary/aromatic N) is 4. The number of aromatic nitrogens is 3. The fourth-order valence-corrected chi connectivity index (χ4v) is 3.15. The van der Waals surface area contributed by atoms with Crippen LogP contribution >= 0.6 is 11.3 Å². The van der Waals surface area contributed by atoms with E-state index in [4.69, 9.17) is 10.5 Å². The zero-order valence-electron chi connectivity index (χ0n) is 12.7. The van der Waals surface area contributed by atoms with Crippen LogP contribution in [-0.2, 0) is 9.53 Å². The minimum Gasteiger partial charge on any atom is -0.469 e. The third-order valence-corrected chi connectivity index (χ3v) is 4.54. The van der Waals surface area contributed by atoms with Crippen LogP contribution in [0.2, 0.25) is 0 Å². The third-order valence-electron chi connectivity index (χ3n) is 3.85. The number of ether oxygens (including phenoxy) is 1. The number of carbonyl (C=O) groups is 1. The second-order valence-electron chi connectivity index (χ2n) is 5.21. The first kappa shape index (κ1) is 15.5. The van der Waals surface area contributed by atoms with Gasteiger partial charge in [0.1, 0.15) is 12.0 Å². The van der Waals surface area contributed by atoms with Crippen LogP contribution in [0.5, 0.6) is 0 Å². The van der Waals surface area contributed by atoms with E-state index in [1.807, 2.05) is 5.38 Å². The van der Waals surface area contributed by atoms with Crippen LogP contribution in [0.15, 0.2) is 17.9 Å². The minimum atomic E-state index is -0.147. The molecule has 1 aliphatic rings. The van der Waals surface area contributed by atoms with Gasteiger partial charge in [0.25, 0.3) is 0 Å². The fourth-order valence-electron chi connectivity index (χ4n) is 2.62. The fraction of sp³-hybridized carbons (Fsp3) is 0.429. The molecule has 2 aromatic rings. The van der Waals surface area contributed by atoms with Crippen molar-refractivity contribution in [1.82, 2.24) is 15.0 Å². The van der Waals surface area contributed by atoms with E-state index in [-0.39, 0.29) is 11.9 Å². The van der Waals surface area contributed by atoms with E-state index < -0.39 is 0 Å². The Morgan fingerprint density at radius 1 is 1.39 bits per heavy atom. The number of methoxy groups -OCH3 is 1. The molecule has 0 aliphatic carbocycles. The summed E-state index contributed by atoms with van der Waals surface area (Å²) >= 11 is 1.47. The van der Waals surface area contributed by atoms with E-state index in [1.165, 1.54) is 24.8 Å². The van der Waals surface area contributed by atoms with Crippen LogP contribution in [0.3, 0.4) is 0 Å². The monoisotopic (exact) mass is 334 g/mol. The summed E-state index contributed by atoms with van der Waals surface area (Å²) in [6, 6.07) is 0.